The van der Waals surface area contributed by atoms with Crippen LogP contribution in [0.3, 0.4) is 0 Å². The van der Waals surface area contributed by atoms with Gasteiger partial charge in [-0.25, -0.2) is 0 Å². The molecule has 0 heterocycles. The van der Waals surface area contributed by atoms with Gasteiger partial charge in [0, 0.05) is 7.11 Å². The van der Waals surface area contributed by atoms with Crippen molar-refractivity contribution in [2.75, 3.05) is 139 Å². The molecule has 654 valence electrons. The molecule has 0 aromatic heterocycles. The van der Waals surface area contributed by atoms with Gasteiger partial charge in [-0.3, -0.25) is 0 Å². The van der Waals surface area contributed by atoms with Gasteiger partial charge in [-0.15, -0.1) is 464 Å². The number of aliphatic hydroxyl groups is 21. The lowest BCUT2D eigenvalue weighted by Gasteiger charge is -1.84. The molecule has 0 rings (SSSR count). The summed E-state index contributed by atoms with van der Waals surface area (Å²) in [5, 5.41) is 165. The second-order valence-electron chi connectivity index (χ2n) is 11.5. The van der Waals surface area contributed by atoms with Crippen molar-refractivity contribution >= 4 is 464 Å². The van der Waals surface area contributed by atoms with Crippen molar-refractivity contribution in [3.05, 3.63) is 0 Å². The lowest BCUT2D eigenvalue weighted by Crippen LogP contribution is -1.90. The summed E-state index contributed by atoms with van der Waals surface area (Å²) < 4.78 is 0. The van der Waals surface area contributed by atoms with Crippen LogP contribution in [-0.4, -0.2) is 343 Å². The number of aliphatic hydroxyl groups excluding tert-OH is 21. The second kappa shape index (κ2) is 166. The van der Waals surface area contributed by atoms with Crippen molar-refractivity contribution in [3.8, 4) is 0 Å². The average molecular weight is 2330 g/mol. The van der Waals surface area contributed by atoms with E-state index in [1.54, 1.807) is 0 Å². The van der Waals surface area contributed by atoms with E-state index in [0.717, 1.165) is 7.11 Å². The van der Waals surface area contributed by atoms with Crippen molar-refractivity contribution < 1.29 is 107 Å². The topological polar surface area (TPSA) is 425 Å². The molecule has 0 aromatic rings. The summed E-state index contributed by atoms with van der Waals surface area (Å²) in [4.78, 5) is -12.3. The molecule has 0 spiro atoms. The minimum Gasteiger partial charge on any atom is -0.400 e. The third-order valence-electron chi connectivity index (χ3n) is 2.76. The van der Waals surface area contributed by atoms with Gasteiger partial charge in [-0.2, -0.15) is 0 Å². The van der Waals surface area contributed by atoms with Gasteiger partial charge in [0.05, 0.1) is 132 Å². The van der Waals surface area contributed by atoms with Crippen LogP contribution in [0.1, 0.15) is 0 Å². The van der Waals surface area contributed by atoms with Crippen molar-refractivity contribution in [2.45, 2.75) is 96.7 Å². The highest BCUT2D eigenvalue weighted by Crippen LogP contribution is 2.04. The molecule has 21 N–H and O–H groups in total. The Morgan fingerprint density at radius 1 is 0.0980 bits per heavy atom. The van der Waals surface area contributed by atoms with Gasteiger partial charge in [0.15, 0.2) is 0 Å². The Bertz CT molecular complexity index is 782. The Morgan fingerprint density at radius 2 is 0.108 bits per heavy atom. The SMILES string of the molecule is CO.OCC(Cl)Cl.OCC(Cl)Cl.OCC(Cl)Cl.OCC(Cl)Cl.OCC(Cl)Cl.OCC(Cl)Cl.OCC(Cl)Cl.OCC(Cl)Cl.OCC(Cl)Cl.OCC(Cl)Cl.OCC(Cl)Cl.OCC(Cl)Cl.OCC(Cl)Cl.OCC(Cl)Cl.OCC(Cl)Cl.OCC(Cl)Cl.OCC(Cl)Cl.OCC(Cl)Cl.OCC(Cl)Cl.OCC(Cl)Cl. The smallest absolute Gasteiger partial charge is 0.130 e. The standard InChI is InChI=1S/20C2H4Cl2O.CH4O/c20*3-2(4)1-5;1-2/h20*2,5H,1H2;2H,1H3. The number of hydrogen-bond acceptors (Lipinski definition) is 21. The van der Waals surface area contributed by atoms with Crippen LogP contribution in [0, 0.1) is 0 Å². The Hall–Kier alpha value is 10.8. The van der Waals surface area contributed by atoms with Gasteiger partial charge in [0.25, 0.3) is 0 Å². The van der Waals surface area contributed by atoms with Crippen LogP contribution in [0.15, 0.2) is 0 Å². The summed E-state index contributed by atoms with van der Waals surface area (Å²) in [5.41, 5.74) is 0. The molecular weight excluding hydrogens is 2250 g/mol. The van der Waals surface area contributed by atoms with Crippen molar-refractivity contribution in [3.63, 3.8) is 0 Å². The Labute approximate surface area is 796 Å². The molecule has 0 aromatic carbocycles. The summed E-state index contributed by atoms with van der Waals surface area (Å²) in [6.07, 6.45) is 0. The maximum absolute atomic E-state index is 7.88. The average Bonchev–Trinajstić information content (AvgIpc) is 3.58. The molecule has 102 heavy (non-hydrogen) atoms. The third kappa shape index (κ3) is 518. The van der Waals surface area contributed by atoms with E-state index in [1.807, 2.05) is 0 Å². The van der Waals surface area contributed by atoms with Crippen LogP contribution in [0.2, 0.25) is 0 Å². The van der Waals surface area contributed by atoms with Gasteiger partial charge in [0.1, 0.15) is 96.7 Å². The van der Waals surface area contributed by atoms with Crippen molar-refractivity contribution in [1.29, 1.82) is 0 Å². The molecule has 21 nitrogen and oxygen atoms in total. The minimum atomic E-state index is -0.616. The molecule has 0 amide bonds. The number of hydrogen-bond donors (Lipinski definition) is 21. The fourth-order valence-electron chi connectivity index (χ4n) is 0. The zero-order valence-corrected chi connectivity index (χ0v) is 81.4. The summed E-state index contributed by atoms with van der Waals surface area (Å²) in [7, 11) is 1.00. The first kappa shape index (κ1) is 167. The fraction of sp³-hybridized carbons (Fsp3) is 1.00. The van der Waals surface area contributed by atoms with Gasteiger partial charge < -0.3 is 107 Å². The highest BCUT2D eigenvalue weighted by Gasteiger charge is 1.96. The van der Waals surface area contributed by atoms with Gasteiger partial charge >= 0.3 is 0 Å². The van der Waals surface area contributed by atoms with Crippen LogP contribution in [0.4, 0.5) is 0 Å². The van der Waals surface area contributed by atoms with Gasteiger partial charge in [-0.1, -0.05) is 0 Å². The van der Waals surface area contributed by atoms with Crippen molar-refractivity contribution in [2.24, 2.45) is 0 Å². The summed E-state index contributed by atoms with van der Waals surface area (Å²) in [6, 6.07) is 0. The van der Waals surface area contributed by atoms with E-state index >= 15 is 0 Å². The van der Waals surface area contributed by atoms with Gasteiger partial charge in [-0.05, 0) is 0 Å². The lowest BCUT2D eigenvalue weighted by molar-refractivity contribution is 0.312. The molecule has 0 aliphatic heterocycles. The maximum Gasteiger partial charge on any atom is 0.130 e. The zero-order chi connectivity index (χ0) is 87.7. The first-order valence-corrected chi connectivity index (χ1v) is 41.1. The van der Waals surface area contributed by atoms with Crippen LogP contribution in [0.5, 0.6) is 0 Å². The zero-order valence-electron chi connectivity index (χ0n) is 51.2. The highest BCUT2D eigenvalue weighted by molar-refractivity contribution is 6.50. The normalized spacial score (nSPS) is 9.47. The molecule has 0 saturated carbocycles. The molecule has 0 saturated heterocycles. The molecule has 61 heteroatoms. The van der Waals surface area contributed by atoms with E-state index in [-0.39, 0.29) is 132 Å². The maximum atomic E-state index is 7.88. The van der Waals surface area contributed by atoms with Crippen LogP contribution >= 0.6 is 464 Å². The first-order valence-electron chi connectivity index (χ1n) is 23.7. The summed E-state index contributed by atoms with van der Waals surface area (Å²) in [5.74, 6) is 0. The van der Waals surface area contributed by atoms with E-state index < -0.39 is 96.7 Å². The Balaban J connectivity index is -0.0000000356. The van der Waals surface area contributed by atoms with E-state index in [2.05, 4.69) is 0 Å². The molecule has 0 fully saturated rings. The largest absolute Gasteiger partial charge is 0.400 e. The summed E-state index contributed by atoms with van der Waals surface area (Å²) in [6.45, 7) is -3.27. The number of rotatable bonds is 20. The number of halogens is 40. The first-order chi connectivity index (χ1) is 46.4. The Morgan fingerprint density at radius 3 is 0.108 bits per heavy atom. The van der Waals surface area contributed by atoms with Crippen LogP contribution < -0.4 is 0 Å². The molecule has 0 radical (unpaired) electrons. The third-order valence-corrected chi connectivity index (χ3v) is 8.28. The molecule has 0 bridgehead atoms. The summed E-state index contributed by atoms with van der Waals surface area (Å²) >= 11 is 199. The predicted molar refractivity (Wildman–Crippen MR) is 460 cm³/mol. The Kier molecular flexibility index (Phi) is 273. The number of alkyl halides is 40. The van der Waals surface area contributed by atoms with E-state index in [9.17, 15) is 0 Å². The minimum absolute atomic E-state index is 0.164. The molecule has 0 unspecified atom stereocenters. The molecular formula is C41H84Cl40O21. The van der Waals surface area contributed by atoms with Gasteiger partial charge in [0.2, 0.25) is 0 Å². The predicted octanol–water partition coefficient (Wildman–Crippen LogP) is 15.3. The molecule has 0 atom stereocenters. The van der Waals surface area contributed by atoms with E-state index in [0.29, 0.717) is 0 Å². The van der Waals surface area contributed by atoms with Crippen LogP contribution in [-0.2, 0) is 0 Å². The van der Waals surface area contributed by atoms with Crippen molar-refractivity contribution in [1.82, 2.24) is 0 Å². The van der Waals surface area contributed by atoms with Crippen LogP contribution in [0.25, 0.3) is 0 Å². The lowest BCUT2D eigenvalue weighted by atomic mass is 10.9. The highest BCUT2D eigenvalue weighted by atomic mass is 35.6. The van der Waals surface area contributed by atoms with E-state index in [1.165, 1.54) is 0 Å². The molecule has 0 aliphatic carbocycles. The monoisotopic (exact) mass is 2310 g/mol. The second-order valence-corrected chi connectivity index (χ2v) is 37.0. The quantitative estimate of drug-likeness (QED) is 0.0503. The molecule has 0 aliphatic rings. The fourth-order valence-corrected chi connectivity index (χ4v) is 0. The van der Waals surface area contributed by atoms with E-state index in [4.69, 9.17) is 571 Å².